The summed E-state index contributed by atoms with van der Waals surface area (Å²) in [6.07, 6.45) is 2.87. The minimum Gasteiger partial charge on any atom is -0.454 e. The van der Waals surface area contributed by atoms with E-state index in [4.69, 9.17) is 14.0 Å². The molecule has 7 heteroatoms. The molecule has 5 atom stereocenters. The first-order chi connectivity index (χ1) is 15.7. The Morgan fingerprint density at radius 2 is 1.76 bits per heavy atom. The summed E-state index contributed by atoms with van der Waals surface area (Å²) in [5.41, 5.74) is 1.50. The van der Waals surface area contributed by atoms with Crippen molar-refractivity contribution in [1.29, 1.82) is 0 Å². The van der Waals surface area contributed by atoms with Crippen molar-refractivity contribution in [2.24, 2.45) is 17.8 Å². The Balaban J connectivity index is 1.73. The van der Waals surface area contributed by atoms with Gasteiger partial charge in [0, 0.05) is 25.1 Å². The minimum atomic E-state index is -3.69. The van der Waals surface area contributed by atoms with Crippen LogP contribution in [0.1, 0.15) is 51.4 Å². The molecule has 33 heavy (non-hydrogen) atoms. The van der Waals surface area contributed by atoms with Crippen LogP contribution < -0.4 is 19.7 Å². The molecule has 0 amide bonds. The van der Waals surface area contributed by atoms with Gasteiger partial charge in [-0.2, -0.15) is 0 Å². The molecule has 1 fully saturated rings. The second-order valence-electron chi connectivity index (χ2n) is 9.96. The lowest BCUT2D eigenvalue weighted by atomic mass is 9.75. The van der Waals surface area contributed by atoms with Gasteiger partial charge in [0.1, 0.15) is 0 Å². The van der Waals surface area contributed by atoms with Crippen LogP contribution in [0.5, 0.6) is 11.5 Å². The quantitative estimate of drug-likeness (QED) is 0.532. The number of ether oxygens (including phenoxy) is 2. The topological polar surface area (TPSA) is 68.2 Å². The molecule has 1 N–H and O–H groups in total. The summed E-state index contributed by atoms with van der Waals surface area (Å²) in [5.74, 6) is 1.08. The molecule has 2 aliphatic rings. The van der Waals surface area contributed by atoms with E-state index in [-0.39, 0.29) is 12.9 Å². The molecule has 2 aromatic carbocycles. The minimum absolute atomic E-state index is 0.144. The van der Waals surface area contributed by atoms with Crippen LogP contribution >= 0.6 is 7.37 Å². The summed E-state index contributed by atoms with van der Waals surface area (Å²) in [6, 6.07) is 12.7. The van der Waals surface area contributed by atoms with Crippen LogP contribution in [-0.4, -0.2) is 32.1 Å². The maximum Gasteiger partial charge on any atom is 0.264 e. The first-order valence-electron chi connectivity index (χ1n) is 11.8. The van der Waals surface area contributed by atoms with Gasteiger partial charge >= 0.3 is 0 Å². The number of rotatable bonds is 7. The number of hydrogen-bond donors (Lipinski definition) is 1. The number of fused-ring (bicyclic) bond motifs is 1. The highest BCUT2D eigenvalue weighted by Crippen LogP contribution is 2.61. The van der Waals surface area contributed by atoms with E-state index in [2.05, 4.69) is 20.8 Å². The van der Waals surface area contributed by atoms with Crippen LogP contribution in [0.15, 0.2) is 42.5 Å². The van der Waals surface area contributed by atoms with Crippen molar-refractivity contribution >= 4 is 18.4 Å². The fourth-order valence-electron chi connectivity index (χ4n) is 4.93. The molecule has 6 nitrogen and oxygen atoms in total. The maximum atomic E-state index is 14.7. The third kappa shape index (κ3) is 4.94. The van der Waals surface area contributed by atoms with Gasteiger partial charge in [0.25, 0.3) is 7.37 Å². The number of aliphatic hydroxyl groups excluding tert-OH is 1. The second kappa shape index (κ2) is 9.69. The molecule has 0 unspecified atom stereocenters. The van der Waals surface area contributed by atoms with Gasteiger partial charge in [-0.05, 0) is 72.6 Å². The van der Waals surface area contributed by atoms with Crippen LogP contribution in [0.2, 0.25) is 0 Å². The Morgan fingerprint density at radius 3 is 2.42 bits per heavy atom. The van der Waals surface area contributed by atoms with Crippen molar-refractivity contribution in [1.82, 2.24) is 0 Å². The van der Waals surface area contributed by atoms with Crippen LogP contribution in [-0.2, 0) is 9.09 Å². The van der Waals surface area contributed by atoms with E-state index < -0.39 is 13.2 Å². The van der Waals surface area contributed by atoms with Crippen molar-refractivity contribution in [2.75, 3.05) is 25.8 Å². The summed E-state index contributed by atoms with van der Waals surface area (Å²) in [5, 5.41) is 12.1. The molecule has 1 saturated carbocycles. The lowest BCUT2D eigenvalue weighted by molar-refractivity contribution is 0.0427. The standard InChI is InChI=1S/C26H36NO5P/c1-17(2)22-12-6-18(3)14-24(22)32-33(29,21-10-8-20(9-11-21)27(4)5)26(28)19-7-13-23-25(15-19)31-16-30-23/h7-11,13,15,17-18,22,24,26,28H,6,12,14,16H2,1-5H3/t18-,22+,24+,26-,33-/m0/s1. The monoisotopic (exact) mass is 473 g/mol. The van der Waals surface area contributed by atoms with E-state index in [1.54, 1.807) is 18.2 Å². The molecule has 4 rings (SSSR count). The summed E-state index contributed by atoms with van der Waals surface area (Å²) in [4.78, 5) is 1.99. The van der Waals surface area contributed by atoms with Gasteiger partial charge < -0.3 is 24.0 Å². The van der Waals surface area contributed by atoms with Crippen LogP contribution in [0.3, 0.4) is 0 Å². The fourth-order valence-corrected chi connectivity index (χ4v) is 7.21. The largest absolute Gasteiger partial charge is 0.454 e. The van der Waals surface area contributed by atoms with Gasteiger partial charge in [-0.3, -0.25) is 4.57 Å². The summed E-state index contributed by atoms with van der Waals surface area (Å²) < 4.78 is 32.1. The normalized spacial score (nSPS) is 25.0. The van der Waals surface area contributed by atoms with E-state index >= 15 is 0 Å². The Morgan fingerprint density at radius 1 is 1.06 bits per heavy atom. The Labute approximate surface area is 197 Å². The summed E-state index contributed by atoms with van der Waals surface area (Å²) in [7, 11) is 0.232. The van der Waals surface area contributed by atoms with E-state index in [9.17, 15) is 9.67 Å². The van der Waals surface area contributed by atoms with Gasteiger partial charge in [0.15, 0.2) is 17.3 Å². The zero-order valence-corrected chi connectivity index (χ0v) is 21.1. The van der Waals surface area contributed by atoms with Gasteiger partial charge in [-0.15, -0.1) is 0 Å². The average Bonchev–Trinajstić information content (AvgIpc) is 3.26. The van der Waals surface area contributed by atoms with E-state index in [1.807, 2.05) is 43.3 Å². The molecule has 180 valence electrons. The van der Waals surface area contributed by atoms with E-state index in [1.165, 1.54) is 0 Å². The average molecular weight is 474 g/mol. The number of hydrogen-bond acceptors (Lipinski definition) is 6. The zero-order chi connectivity index (χ0) is 23.8. The molecule has 0 saturated heterocycles. The highest BCUT2D eigenvalue weighted by atomic mass is 31.2. The Bertz CT molecular complexity index is 1010. The first-order valence-corrected chi connectivity index (χ1v) is 13.5. The van der Waals surface area contributed by atoms with E-state index in [0.29, 0.717) is 40.1 Å². The third-order valence-corrected chi connectivity index (χ3v) is 9.54. The molecule has 1 aliphatic carbocycles. The van der Waals surface area contributed by atoms with Crippen molar-refractivity contribution in [3.05, 3.63) is 48.0 Å². The lowest BCUT2D eigenvalue weighted by Crippen LogP contribution is -2.35. The maximum absolute atomic E-state index is 14.7. The molecule has 0 bridgehead atoms. The summed E-state index contributed by atoms with van der Waals surface area (Å²) >= 11 is 0. The molecule has 0 radical (unpaired) electrons. The van der Waals surface area contributed by atoms with E-state index in [0.717, 1.165) is 24.9 Å². The predicted molar refractivity (Wildman–Crippen MR) is 132 cm³/mol. The Hall–Kier alpha value is -2.01. The number of aliphatic hydroxyl groups is 1. The van der Waals surface area contributed by atoms with Crippen LogP contribution in [0, 0.1) is 17.8 Å². The molecule has 1 heterocycles. The van der Waals surface area contributed by atoms with Gasteiger partial charge in [-0.1, -0.05) is 33.3 Å². The first kappa shape index (κ1) is 24.1. The Kier molecular flexibility index (Phi) is 7.09. The highest BCUT2D eigenvalue weighted by Gasteiger charge is 2.43. The smallest absolute Gasteiger partial charge is 0.264 e. The molecule has 0 aromatic heterocycles. The van der Waals surface area contributed by atoms with Crippen molar-refractivity contribution < 1.29 is 23.7 Å². The second-order valence-corrected chi connectivity index (χ2v) is 12.4. The third-order valence-electron chi connectivity index (χ3n) is 7.00. The molecule has 1 aliphatic heterocycles. The number of benzene rings is 2. The number of nitrogens with zero attached hydrogens (tertiary/aromatic N) is 1. The SMILES string of the molecule is CC(C)[C@H]1CC[C@H](C)C[C@H]1O[P@@](=O)(c1ccc(N(C)C)cc1)[C@H](O)c1ccc2c(c1)OCO2. The predicted octanol–water partition coefficient (Wildman–Crippen LogP) is 5.55. The molecular formula is C26H36NO5P. The van der Waals surface area contributed by atoms with Gasteiger partial charge in [0.05, 0.1) is 6.10 Å². The molecular weight excluding hydrogens is 437 g/mol. The lowest BCUT2D eigenvalue weighted by Gasteiger charge is -2.40. The zero-order valence-electron chi connectivity index (χ0n) is 20.2. The van der Waals surface area contributed by atoms with Crippen molar-refractivity contribution in [3.8, 4) is 11.5 Å². The summed E-state index contributed by atoms with van der Waals surface area (Å²) in [6.45, 7) is 6.76. The van der Waals surface area contributed by atoms with Crippen molar-refractivity contribution in [3.63, 3.8) is 0 Å². The highest BCUT2D eigenvalue weighted by molar-refractivity contribution is 7.67. The van der Waals surface area contributed by atoms with Gasteiger partial charge in [-0.25, -0.2) is 0 Å². The van der Waals surface area contributed by atoms with Crippen LogP contribution in [0.25, 0.3) is 0 Å². The van der Waals surface area contributed by atoms with Crippen molar-refractivity contribution in [2.45, 2.75) is 52.0 Å². The van der Waals surface area contributed by atoms with Crippen LogP contribution in [0.4, 0.5) is 5.69 Å². The molecule has 0 spiro atoms. The molecule has 2 aromatic rings. The van der Waals surface area contributed by atoms with Gasteiger partial charge in [0.2, 0.25) is 6.79 Å². The number of anilines is 1. The fraction of sp³-hybridized carbons (Fsp3) is 0.538.